The number of aromatic amines is 1. The van der Waals surface area contributed by atoms with Crippen LogP contribution >= 0.6 is 0 Å². The molecule has 25 heavy (non-hydrogen) atoms. The summed E-state index contributed by atoms with van der Waals surface area (Å²) < 4.78 is 11.1. The second kappa shape index (κ2) is 8.96. The first kappa shape index (κ1) is 19.4. The molecule has 1 aromatic rings. The molecule has 2 amide bonds. The Labute approximate surface area is 148 Å². The Morgan fingerprint density at radius 3 is 2.80 bits per heavy atom. The van der Waals surface area contributed by atoms with E-state index in [1.165, 1.54) is 4.90 Å². The highest BCUT2D eigenvalue weighted by atomic mass is 16.5. The minimum Gasteiger partial charge on any atom is -0.379 e. The van der Waals surface area contributed by atoms with Crippen molar-refractivity contribution in [2.75, 3.05) is 33.9 Å². The Bertz CT molecular complexity index is 599. The van der Waals surface area contributed by atoms with Gasteiger partial charge in [-0.25, -0.2) is 0 Å². The molecule has 1 aliphatic rings. The maximum atomic E-state index is 12.3. The minimum absolute atomic E-state index is 0.0147. The SMILES string of the molecule is Cc1[nH]nc(CCC(=O)NC2CCOCC2OCC(=O)N(C)C)c1C. The summed E-state index contributed by atoms with van der Waals surface area (Å²) in [6.45, 7) is 4.90. The van der Waals surface area contributed by atoms with Crippen LogP contribution in [0.5, 0.6) is 0 Å². The van der Waals surface area contributed by atoms with E-state index >= 15 is 0 Å². The van der Waals surface area contributed by atoms with Crippen LogP contribution < -0.4 is 5.32 Å². The Morgan fingerprint density at radius 2 is 2.16 bits per heavy atom. The summed E-state index contributed by atoms with van der Waals surface area (Å²) in [5, 5.41) is 10.2. The van der Waals surface area contributed by atoms with Crippen molar-refractivity contribution in [2.45, 2.75) is 45.3 Å². The van der Waals surface area contributed by atoms with Gasteiger partial charge in [-0.3, -0.25) is 14.7 Å². The number of nitrogens with zero attached hydrogens (tertiary/aromatic N) is 2. The number of amides is 2. The number of rotatable bonds is 7. The zero-order valence-electron chi connectivity index (χ0n) is 15.4. The molecule has 0 aromatic carbocycles. The summed E-state index contributed by atoms with van der Waals surface area (Å²) in [4.78, 5) is 25.4. The van der Waals surface area contributed by atoms with Crippen molar-refractivity contribution in [1.29, 1.82) is 0 Å². The quantitative estimate of drug-likeness (QED) is 0.737. The molecule has 2 unspecified atom stereocenters. The third-order valence-electron chi connectivity index (χ3n) is 4.51. The Morgan fingerprint density at radius 1 is 1.40 bits per heavy atom. The Kier molecular flexibility index (Phi) is 6.95. The van der Waals surface area contributed by atoms with Crippen LogP contribution in [0.2, 0.25) is 0 Å². The average Bonchev–Trinajstić information content (AvgIpc) is 2.90. The van der Waals surface area contributed by atoms with Gasteiger partial charge in [0.2, 0.25) is 11.8 Å². The highest BCUT2D eigenvalue weighted by Gasteiger charge is 2.28. The lowest BCUT2D eigenvalue weighted by atomic mass is 10.1. The molecule has 0 aliphatic carbocycles. The fourth-order valence-electron chi connectivity index (χ4n) is 2.64. The topological polar surface area (TPSA) is 96.5 Å². The van der Waals surface area contributed by atoms with Crippen molar-refractivity contribution in [3.05, 3.63) is 17.0 Å². The van der Waals surface area contributed by atoms with Crippen LogP contribution in [0.15, 0.2) is 0 Å². The number of likely N-dealkylation sites (N-methyl/N-ethyl adjacent to an activating group) is 1. The van der Waals surface area contributed by atoms with E-state index in [2.05, 4.69) is 15.5 Å². The van der Waals surface area contributed by atoms with E-state index in [0.29, 0.717) is 32.5 Å². The lowest BCUT2D eigenvalue weighted by Crippen LogP contribution is -2.50. The normalized spacial score (nSPS) is 20.3. The fraction of sp³-hybridized carbons (Fsp3) is 0.706. The number of hydrogen-bond donors (Lipinski definition) is 2. The Hall–Kier alpha value is -1.93. The van der Waals surface area contributed by atoms with Gasteiger partial charge >= 0.3 is 0 Å². The van der Waals surface area contributed by atoms with E-state index in [0.717, 1.165) is 17.0 Å². The van der Waals surface area contributed by atoms with Crippen LogP contribution in [0.3, 0.4) is 0 Å². The second-order valence-electron chi connectivity index (χ2n) is 6.60. The Balaban J connectivity index is 1.82. The molecule has 2 rings (SSSR count). The summed E-state index contributed by atoms with van der Waals surface area (Å²) in [5.74, 6) is -0.153. The summed E-state index contributed by atoms with van der Waals surface area (Å²) in [7, 11) is 3.36. The highest BCUT2D eigenvalue weighted by molar-refractivity contribution is 5.77. The number of carbonyl (C=O) groups excluding carboxylic acids is 2. The van der Waals surface area contributed by atoms with E-state index in [1.54, 1.807) is 14.1 Å². The van der Waals surface area contributed by atoms with Gasteiger partial charge in [-0.15, -0.1) is 0 Å². The average molecular weight is 352 g/mol. The van der Waals surface area contributed by atoms with Crippen molar-refractivity contribution < 1.29 is 19.1 Å². The predicted molar refractivity (Wildman–Crippen MR) is 92.2 cm³/mol. The number of H-pyrrole nitrogens is 1. The number of carbonyl (C=O) groups is 2. The molecule has 2 N–H and O–H groups in total. The summed E-state index contributed by atoms with van der Waals surface area (Å²) in [6.07, 6.45) is 1.32. The van der Waals surface area contributed by atoms with Crippen LogP contribution in [0, 0.1) is 13.8 Å². The second-order valence-corrected chi connectivity index (χ2v) is 6.60. The van der Waals surface area contributed by atoms with Crippen LogP contribution in [0.25, 0.3) is 0 Å². The van der Waals surface area contributed by atoms with Gasteiger partial charge in [-0.05, 0) is 25.8 Å². The largest absolute Gasteiger partial charge is 0.379 e. The third kappa shape index (κ3) is 5.54. The molecular weight excluding hydrogens is 324 g/mol. The van der Waals surface area contributed by atoms with E-state index in [4.69, 9.17) is 9.47 Å². The smallest absolute Gasteiger partial charge is 0.248 e. The van der Waals surface area contributed by atoms with Crippen LogP contribution in [-0.4, -0.2) is 73.0 Å². The maximum Gasteiger partial charge on any atom is 0.248 e. The molecule has 1 aliphatic heterocycles. The summed E-state index contributed by atoms with van der Waals surface area (Å²) >= 11 is 0. The number of ether oxygens (including phenoxy) is 2. The molecule has 8 nitrogen and oxygen atoms in total. The van der Waals surface area contributed by atoms with Crippen molar-refractivity contribution in [2.24, 2.45) is 0 Å². The number of aryl methyl sites for hydroxylation is 2. The molecule has 0 radical (unpaired) electrons. The van der Waals surface area contributed by atoms with Crippen LogP contribution in [0.4, 0.5) is 0 Å². The lowest BCUT2D eigenvalue weighted by Gasteiger charge is -2.32. The van der Waals surface area contributed by atoms with Gasteiger partial charge in [-0.1, -0.05) is 0 Å². The van der Waals surface area contributed by atoms with Gasteiger partial charge in [0, 0.05) is 39.2 Å². The molecule has 2 heterocycles. The van der Waals surface area contributed by atoms with Crippen molar-refractivity contribution in [3.8, 4) is 0 Å². The standard InChI is InChI=1S/C17H28N4O4/c1-11-12(2)19-20-13(11)5-6-16(22)18-14-7-8-24-9-15(14)25-10-17(23)21(3)4/h14-15H,5-10H2,1-4H3,(H,18,22)(H,19,20). The van der Waals surface area contributed by atoms with Crippen molar-refractivity contribution >= 4 is 11.8 Å². The van der Waals surface area contributed by atoms with E-state index in [1.807, 2.05) is 13.8 Å². The van der Waals surface area contributed by atoms with Crippen LogP contribution in [0.1, 0.15) is 29.8 Å². The van der Waals surface area contributed by atoms with Gasteiger partial charge in [0.1, 0.15) is 12.7 Å². The molecule has 0 saturated carbocycles. The first-order valence-electron chi connectivity index (χ1n) is 8.57. The molecule has 1 saturated heterocycles. The molecular formula is C17H28N4O4. The monoisotopic (exact) mass is 352 g/mol. The van der Waals surface area contributed by atoms with Gasteiger partial charge < -0.3 is 19.7 Å². The van der Waals surface area contributed by atoms with Crippen molar-refractivity contribution in [3.63, 3.8) is 0 Å². The van der Waals surface area contributed by atoms with Gasteiger partial charge in [0.25, 0.3) is 0 Å². The first-order valence-corrected chi connectivity index (χ1v) is 8.57. The van der Waals surface area contributed by atoms with E-state index in [9.17, 15) is 9.59 Å². The fourth-order valence-corrected chi connectivity index (χ4v) is 2.64. The minimum atomic E-state index is -0.309. The highest BCUT2D eigenvalue weighted by Crippen LogP contribution is 2.13. The number of aromatic nitrogens is 2. The zero-order valence-corrected chi connectivity index (χ0v) is 15.4. The van der Waals surface area contributed by atoms with E-state index in [-0.39, 0.29) is 30.6 Å². The van der Waals surface area contributed by atoms with Gasteiger partial charge in [0.05, 0.1) is 18.3 Å². The third-order valence-corrected chi connectivity index (χ3v) is 4.51. The van der Waals surface area contributed by atoms with E-state index < -0.39 is 0 Å². The molecule has 140 valence electrons. The van der Waals surface area contributed by atoms with Crippen LogP contribution in [-0.2, 0) is 25.5 Å². The summed E-state index contributed by atoms with van der Waals surface area (Å²) in [6, 6.07) is -0.141. The first-order chi connectivity index (χ1) is 11.9. The molecule has 1 fully saturated rings. The van der Waals surface area contributed by atoms with Crippen molar-refractivity contribution in [1.82, 2.24) is 20.4 Å². The molecule has 8 heteroatoms. The zero-order chi connectivity index (χ0) is 18.4. The number of nitrogens with one attached hydrogen (secondary N) is 2. The predicted octanol–water partition coefficient (Wildman–Crippen LogP) is 0.338. The number of hydrogen-bond acceptors (Lipinski definition) is 5. The van der Waals surface area contributed by atoms with Gasteiger partial charge in [0.15, 0.2) is 0 Å². The molecule has 2 atom stereocenters. The molecule has 0 spiro atoms. The maximum absolute atomic E-state index is 12.3. The summed E-state index contributed by atoms with van der Waals surface area (Å²) in [5.41, 5.74) is 3.05. The van der Waals surface area contributed by atoms with Gasteiger partial charge in [-0.2, -0.15) is 5.10 Å². The molecule has 1 aromatic heterocycles. The molecule has 0 bridgehead atoms. The lowest BCUT2D eigenvalue weighted by molar-refractivity contribution is -0.141.